The van der Waals surface area contributed by atoms with E-state index < -0.39 is 50.5 Å². The second-order valence-electron chi connectivity index (χ2n) is 4.35. The van der Waals surface area contributed by atoms with Crippen LogP contribution in [0.5, 0.6) is 0 Å². The summed E-state index contributed by atoms with van der Waals surface area (Å²) in [6, 6.07) is 0. The van der Waals surface area contributed by atoms with Gasteiger partial charge in [0.05, 0.1) is 6.54 Å². The van der Waals surface area contributed by atoms with Crippen LogP contribution < -0.4 is 4.72 Å². The number of ether oxygens (including phenoxy) is 1. The molecular formula is C11H9F5N4O3S. The first-order chi connectivity index (χ1) is 11.2. The van der Waals surface area contributed by atoms with Crippen molar-refractivity contribution in [1.29, 1.82) is 0 Å². The highest BCUT2D eigenvalue weighted by Crippen LogP contribution is 2.26. The SMILES string of the molecule is COCc1nc(CNS(=O)(=O)c2c(F)c(F)c(F)c(F)c2F)n[nH]1. The van der Waals surface area contributed by atoms with Gasteiger partial charge in [0.2, 0.25) is 15.8 Å². The molecule has 0 aliphatic heterocycles. The molecule has 0 fully saturated rings. The summed E-state index contributed by atoms with van der Waals surface area (Å²) in [7, 11) is -3.69. The molecule has 0 atom stereocenters. The Kier molecular flexibility index (Phi) is 5.15. The summed E-state index contributed by atoms with van der Waals surface area (Å²) in [6.45, 7) is -0.612. The van der Waals surface area contributed by atoms with Gasteiger partial charge in [-0.2, -0.15) is 5.10 Å². The molecule has 0 unspecified atom stereocenters. The number of methoxy groups -OCH3 is 1. The van der Waals surface area contributed by atoms with Gasteiger partial charge in [-0.05, 0) is 0 Å². The van der Waals surface area contributed by atoms with Gasteiger partial charge in [0, 0.05) is 7.11 Å². The topological polar surface area (TPSA) is 97.0 Å². The zero-order valence-electron chi connectivity index (χ0n) is 11.8. The number of halogens is 5. The summed E-state index contributed by atoms with van der Waals surface area (Å²) in [5.41, 5.74) is 0. The maximum atomic E-state index is 13.5. The number of benzene rings is 1. The van der Waals surface area contributed by atoms with E-state index in [2.05, 4.69) is 15.2 Å². The molecule has 1 aromatic carbocycles. The summed E-state index contributed by atoms with van der Waals surface area (Å²) >= 11 is 0. The fourth-order valence-electron chi connectivity index (χ4n) is 1.67. The van der Waals surface area contributed by atoms with E-state index in [1.807, 2.05) is 0 Å². The minimum atomic E-state index is -5.06. The number of nitrogens with one attached hydrogen (secondary N) is 2. The Morgan fingerprint density at radius 3 is 2.12 bits per heavy atom. The zero-order chi connectivity index (χ0) is 18.1. The van der Waals surface area contributed by atoms with Crippen molar-refractivity contribution in [3.63, 3.8) is 0 Å². The van der Waals surface area contributed by atoms with Gasteiger partial charge in [-0.3, -0.25) is 5.10 Å². The first-order valence-electron chi connectivity index (χ1n) is 6.09. The lowest BCUT2D eigenvalue weighted by Gasteiger charge is -2.09. The lowest BCUT2D eigenvalue weighted by atomic mass is 10.3. The van der Waals surface area contributed by atoms with Crippen LogP contribution in [-0.4, -0.2) is 30.7 Å². The van der Waals surface area contributed by atoms with Gasteiger partial charge in [-0.1, -0.05) is 0 Å². The van der Waals surface area contributed by atoms with Crippen LogP contribution in [-0.2, 0) is 27.9 Å². The maximum Gasteiger partial charge on any atom is 0.247 e. The van der Waals surface area contributed by atoms with E-state index in [1.54, 1.807) is 4.72 Å². The van der Waals surface area contributed by atoms with E-state index in [0.717, 1.165) is 0 Å². The molecule has 7 nitrogen and oxygen atoms in total. The van der Waals surface area contributed by atoms with Crippen LogP contribution in [0.1, 0.15) is 11.6 Å². The number of hydrogen-bond acceptors (Lipinski definition) is 5. The second-order valence-corrected chi connectivity index (χ2v) is 6.06. The normalized spacial score (nSPS) is 11.9. The molecule has 0 aliphatic carbocycles. The molecule has 24 heavy (non-hydrogen) atoms. The molecule has 0 spiro atoms. The van der Waals surface area contributed by atoms with Crippen molar-refractivity contribution >= 4 is 10.0 Å². The lowest BCUT2D eigenvalue weighted by molar-refractivity contribution is 0.178. The molecule has 0 radical (unpaired) electrons. The van der Waals surface area contributed by atoms with Gasteiger partial charge in [0.1, 0.15) is 6.61 Å². The Bertz CT molecular complexity index is 842. The average molecular weight is 372 g/mol. The molecule has 0 saturated carbocycles. The zero-order valence-corrected chi connectivity index (χ0v) is 12.6. The highest BCUT2D eigenvalue weighted by atomic mass is 32.2. The van der Waals surface area contributed by atoms with E-state index in [0.29, 0.717) is 0 Å². The first-order valence-corrected chi connectivity index (χ1v) is 7.57. The van der Waals surface area contributed by atoms with Crippen LogP contribution in [0.25, 0.3) is 0 Å². The number of H-pyrrole nitrogens is 1. The van der Waals surface area contributed by atoms with Crippen LogP contribution in [0, 0.1) is 29.1 Å². The molecular weight excluding hydrogens is 363 g/mol. The van der Waals surface area contributed by atoms with Gasteiger partial charge in [-0.25, -0.2) is 40.1 Å². The van der Waals surface area contributed by atoms with E-state index in [4.69, 9.17) is 4.74 Å². The molecule has 0 amide bonds. The van der Waals surface area contributed by atoms with Gasteiger partial charge < -0.3 is 4.74 Å². The van der Waals surface area contributed by atoms with E-state index in [9.17, 15) is 30.4 Å². The molecule has 1 aromatic heterocycles. The van der Waals surface area contributed by atoms with Crippen molar-refractivity contribution < 1.29 is 35.1 Å². The largest absolute Gasteiger partial charge is 0.377 e. The Labute approximate surface area is 131 Å². The Morgan fingerprint density at radius 2 is 1.58 bits per heavy atom. The van der Waals surface area contributed by atoms with E-state index >= 15 is 0 Å². The van der Waals surface area contributed by atoms with Crippen molar-refractivity contribution in [2.24, 2.45) is 0 Å². The van der Waals surface area contributed by atoms with Crippen LogP contribution >= 0.6 is 0 Å². The number of hydrogen-bond donors (Lipinski definition) is 2. The summed E-state index contributed by atoms with van der Waals surface area (Å²) in [5, 5.41) is 5.98. The summed E-state index contributed by atoms with van der Waals surface area (Å²) in [4.78, 5) is 1.80. The van der Waals surface area contributed by atoms with Gasteiger partial charge in [-0.15, -0.1) is 0 Å². The molecule has 2 aromatic rings. The Balaban J connectivity index is 2.31. The minimum Gasteiger partial charge on any atom is -0.377 e. The fourth-order valence-corrected chi connectivity index (χ4v) is 2.78. The quantitative estimate of drug-likeness (QED) is 0.450. The van der Waals surface area contributed by atoms with Gasteiger partial charge >= 0.3 is 0 Å². The molecule has 0 aliphatic rings. The number of rotatable bonds is 6. The summed E-state index contributed by atoms with van der Waals surface area (Å²) < 4.78 is 96.3. The molecule has 132 valence electrons. The van der Waals surface area contributed by atoms with Crippen molar-refractivity contribution in [2.45, 2.75) is 18.0 Å². The average Bonchev–Trinajstić information content (AvgIpc) is 2.97. The van der Waals surface area contributed by atoms with Crippen LogP contribution in [0.4, 0.5) is 22.0 Å². The van der Waals surface area contributed by atoms with Gasteiger partial charge in [0.25, 0.3) is 0 Å². The molecule has 2 rings (SSSR count). The molecule has 2 N–H and O–H groups in total. The van der Waals surface area contributed by atoms with Crippen LogP contribution in [0.15, 0.2) is 4.90 Å². The van der Waals surface area contributed by atoms with Crippen LogP contribution in [0.2, 0.25) is 0 Å². The number of nitrogens with zero attached hydrogens (tertiary/aromatic N) is 2. The third-order valence-electron chi connectivity index (χ3n) is 2.72. The molecule has 13 heteroatoms. The summed E-state index contributed by atoms with van der Waals surface area (Å²) in [5.74, 6) is -12.0. The Hall–Kier alpha value is -2.12. The standard InChI is InChI=1S/C11H9F5N4O3S/c1-23-3-5-18-4(19-20-5)2-17-24(21,22)11-9(15)7(13)6(12)8(14)10(11)16/h17H,2-3H2,1H3,(H,18,19,20). The van der Waals surface area contributed by atoms with Gasteiger partial charge in [0.15, 0.2) is 39.8 Å². The molecule has 0 bridgehead atoms. The molecule has 0 saturated heterocycles. The minimum absolute atomic E-state index is 0.0391. The smallest absolute Gasteiger partial charge is 0.247 e. The maximum absolute atomic E-state index is 13.5. The predicted molar refractivity (Wildman–Crippen MR) is 67.4 cm³/mol. The summed E-state index contributed by atoms with van der Waals surface area (Å²) in [6.07, 6.45) is 0. The monoisotopic (exact) mass is 372 g/mol. The van der Waals surface area contributed by atoms with Crippen molar-refractivity contribution in [2.75, 3.05) is 7.11 Å². The van der Waals surface area contributed by atoms with Crippen molar-refractivity contribution in [1.82, 2.24) is 19.9 Å². The van der Waals surface area contributed by atoms with Crippen molar-refractivity contribution in [3.05, 3.63) is 40.7 Å². The first kappa shape index (κ1) is 18.2. The lowest BCUT2D eigenvalue weighted by Crippen LogP contribution is -2.27. The van der Waals surface area contributed by atoms with Crippen LogP contribution in [0.3, 0.4) is 0 Å². The number of sulfonamides is 1. The highest BCUT2D eigenvalue weighted by molar-refractivity contribution is 7.89. The fraction of sp³-hybridized carbons (Fsp3) is 0.273. The number of aromatic amines is 1. The van der Waals surface area contributed by atoms with E-state index in [-0.39, 0.29) is 18.3 Å². The second kappa shape index (κ2) is 6.78. The van der Waals surface area contributed by atoms with Crippen molar-refractivity contribution in [3.8, 4) is 0 Å². The predicted octanol–water partition coefficient (Wildman–Crippen LogP) is 1.13. The third kappa shape index (κ3) is 3.37. The number of aromatic nitrogens is 3. The highest BCUT2D eigenvalue weighted by Gasteiger charge is 2.33. The Morgan fingerprint density at radius 1 is 1.04 bits per heavy atom. The molecule has 1 heterocycles. The van der Waals surface area contributed by atoms with E-state index in [1.165, 1.54) is 7.11 Å². The third-order valence-corrected chi connectivity index (χ3v) is 4.14.